The van der Waals surface area contributed by atoms with Gasteiger partial charge < -0.3 is 0 Å². The molecule has 0 aromatic heterocycles. The fraction of sp³-hybridized carbons (Fsp3) is 0.214. The molecule has 0 atom stereocenters. The van der Waals surface area contributed by atoms with Crippen molar-refractivity contribution in [1.82, 2.24) is 0 Å². The van der Waals surface area contributed by atoms with E-state index in [4.69, 9.17) is 0 Å². The van der Waals surface area contributed by atoms with Crippen molar-refractivity contribution in [2.45, 2.75) is 19.3 Å². The maximum absolute atomic E-state index is 3.51. The molecular formula is C14H14. The molecule has 1 rings (SSSR count). The zero-order valence-corrected chi connectivity index (χ0v) is 8.29. The topological polar surface area (TPSA) is 0 Å². The van der Waals surface area contributed by atoms with Gasteiger partial charge in [-0.2, -0.15) is 0 Å². The summed E-state index contributed by atoms with van der Waals surface area (Å²) >= 11 is 0. The summed E-state index contributed by atoms with van der Waals surface area (Å²) in [5, 5.41) is 0. The summed E-state index contributed by atoms with van der Waals surface area (Å²) < 4.78 is 0. The Kier molecular flexibility index (Phi) is 5.03. The Morgan fingerprint density at radius 3 is 2.71 bits per heavy atom. The largest absolute Gasteiger partial charge is 0.133 e. The molecule has 0 spiro atoms. The quantitative estimate of drug-likeness (QED) is 0.381. The predicted molar refractivity (Wildman–Crippen MR) is 60.9 cm³/mol. The predicted octanol–water partition coefficient (Wildman–Crippen LogP) is 3.55. The van der Waals surface area contributed by atoms with Gasteiger partial charge >= 0.3 is 0 Å². The van der Waals surface area contributed by atoms with Gasteiger partial charge in [0.05, 0.1) is 0 Å². The van der Waals surface area contributed by atoms with E-state index in [0.717, 1.165) is 24.8 Å². The van der Waals surface area contributed by atoms with E-state index in [9.17, 15) is 0 Å². The van der Waals surface area contributed by atoms with Crippen molar-refractivity contribution in [2.24, 2.45) is 0 Å². The van der Waals surface area contributed by atoms with E-state index in [-0.39, 0.29) is 0 Å². The second kappa shape index (κ2) is 6.78. The molecule has 0 aliphatic heterocycles. The molecule has 0 aliphatic rings. The van der Waals surface area contributed by atoms with E-state index in [1.165, 1.54) is 0 Å². The van der Waals surface area contributed by atoms with E-state index in [0.29, 0.717) is 0 Å². The van der Waals surface area contributed by atoms with Crippen LogP contribution < -0.4 is 0 Å². The van der Waals surface area contributed by atoms with E-state index in [1.54, 1.807) is 0 Å². The van der Waals surface area contributed by atoms with Crippen molar-refractivity contribution in [3.63, 3.8) is 0 Å². The Labute approximate surface area is 86.0 Å². The molecule has 0 radical (unpaired) electrons. The van der Waals surface area contributed by atoms with Crippen molar-refractivity contribution in [3.8, 4) is 11.8 Å². The molecule has 0 unspecified atom stereocenters. The normalized spacial score (nSPS) is 8.29. The maximum Gasteiger partial charge on any atom is 0.0245 e. The lowest BCUT2D eigenvalue weighted by molar-refractivity contribution is 0.886. The molecule has 0 bridgehead atoms. The Bertz CT molecular complexity index is 356. The second-order valence-corrected chi connectivity index (χ2v) is 2.97. The van der Waals surface area contributed by atoms with Crippen LogP contribution in [0.5, 0.6) is 0 Å². The highest BCUT2D eigenvalue weighted by molar-refractivity contribution is 5.33. The average Bonchev–Trinajstić information content (AvgIpc) is 2.25. The molecule has 0 N–H and O–H groups in total. The number of benzene rings is 1. The van der Waals surface area contributed by atoms with Crippen LogP contribution in [0.15, 0.2) is 48.7 Å². The van der Waals surface area contributed by atoms with Gasteiger partial charge in [0.15, 0.2) is 0 Å². The summed E-state index contributed by atoms with van der Waals surface area (Å²) in [4.78, 5) is 0. The third-order valence-electron chi connectivity index (χ3n) is 1.80. The first kappa shape index (κ1) is 10.4. The third kappa shape index (κ3) is 4.36. The SMILES string of the molecule is C=C=CCCCC#Cc1ccccc1. The molecule has 0 amide bonds. The lowest BCUT2D eigenvalue weighted by Gasteiger charge is -1.87. The summed E-state index contributed by atoms with van der Waals surface area (Å²) in [6, 6.07) is 10.1. The minimum Gasteiger partial charge on any atom is -0.133 e. The average molecular weight is 182 g/mol. The van der Waals surface area contributed by atoms with Gasteiger partial charge in [-0.05, 0) is 31.1 Å². The van der Waals surface area contributed by atoms with E-state index >= 15 is 0 Å². The van der Waals surface area contributed by atoms with Crippen LogP contribution in [0.1, 0.15) is 24.8 Å². The highest BCUT2D eigenvalue weighted by Crippen LogP contribution is 1.97. The number of unbranched alkanes of at least 4 members (excludes halogenated alkanes) is 2. The van der Waals surface area contributed by atoms with Gasteiger partial charge in [-0.15, -0.1) is 5.73 Å². The Morgan fingerprint density at radius 2 is 2.00 bits per heavy atom. The highest BCUT2D eigenvalue weighted by Gasteiger charge is 1.81. The summed E-state index contributed by atoms with van der Waals surface area (Å²) in [6.45, 7) is 3.51. The highest BCUT2D eigenvalue weighted by atomic mass is 13.9. The van der Waals surface area contributed by atoms with Crippen LogP contribution in [0.3, 0.4) is 0 Å². The van der Waals surface area contributed by atoms with Gasteiger partial charge in [-0.25, -0.2) is 0 Å². The van der Waals surface area contributed by atoms with Crippen molar-refractivity contribution < 1.29 is 0 Å². The summed E-state index contributed by atoms with van der Waals surface area (Å²) in [5.74, 6) is 6.26. The molecule has 0 heterocycles. The number of hydrogen-bond donors (Lipinski definition) is 0. The lowest BCUT2D eigenvalue weighted by atomic mass is 10.2. The van der Waals surface area contributed by atoms with E-state index in [2.05, 4.69) is 24.2 Å². The summed E-state index contributed by atoms with van der Waals surface area (Å²) in [6.07, 6.45) is 4.99. The van der Waals surface area contributed by atoms with Gasteiger partial charge in [0, 0.05) is 12.0 Å². The van der Waals surface area contributed by atoms with Crippen LogP contribution in [0.25, 0.3) is 0 Å². The molecule has 0 heteroatoms. The van der Waals surface area contributed by atoms with E-state index < -0.39 is 0 Å². The van der Waals surface area contributed by atoms with Crippen LogP contribution in [0, 0.1) is 11.8 Å². The van der Waals surface area contributed by atoms with Gasteiger partial charge in [0.25, 0.3) is 0 Å². The van der Waals surface area contributed by atoms with E-state index in [1.807, 2.05) is 36.4 Å². The fourth-order valence-corrected chi connectivity index (χ4v) is 1.08. The minimum absolute atomic E-state index is 0.938. The molecule has 0 nitrogen and oxygen atoms in total. The molecular weight excluding hydrogens is 168 g/mol. The molecule has 0 aliphatic carbocycles. The van der Waals surface area contributed by atoms with Gasteiger partial charge in [-0.1, -0.05) is 36.6 Å². The first-order valence-corrected chi connectivity index (χ1v) is 4.81. The third-order valence-corrected chi connectivity index (χ3v) is 1.80. The Hall–Kier alpha value is -1.70. The zero-order chi connectivity index (χ0) is 10.1. The Balaban J connectivity index is 2.31. The smallest absolute Gasteiger partial charge is 0.0245 e. The van der Waals surface area contributed by atoms with Gasteiger partial charge in [0.2, 0.25) is 0 Å². The molecule has 70 valence electrons. The minimum atomic E-state index is 0.938. The molecule has 0 saturated carbocycles. The molecule has 1 aromatic rings. The monoisotopic (exact) mass is 182 g/mol. The summed E-state index contributed by atoms with van der Waals surface area (Å²) in [7, 11) is 0. The standard InChI is InChI=1S/C14H14/c1-2-3-4-5-6-8-11-14-12-9-7-10-13-14/h3,7,9-10,12-13H,1,4-6H2. The zero-order valence-electron chi connectivity index (χ0n) is 8.29. The lowest BCUT2D eigenvalue weighted by Crippen LogP contribution is -1.72. The molecule has 1 aromatic carbocycles. The Morgan fingerprint density at radius 1 is 1.21 bits per heavy atom. The first-order valence-electron chi connectivity index (χ1n) is 4.81. The van der Waals surface area contributed by atoms with Crippen LogP contribution in [0.4, 0.5) is 0 Å². The van der Waals surface area contributed by atoms with Crippen LogP contribution >= 0.6 is 0 Å². The molecule has 0 saturated heterocycles. The first-order chi connectivity index (χ1) is 6.93. The summed E-state index contributed by atoms with van der Waals surface area (Å²) in [5.41, 5.74) is 3.84. The van der Waals surface area contributed by atoms with Crippen molar-refractivity contribution in [2.75, 3.05) is 0 Å². The van der Waals surface area contributed by atoms with Crippen molar-refractivity contribution in [3.05, 3.63) is 54.3 Å². The van der Waals surface area contributed by atoms with Gasteiger partial charge in [-0.3, -0.25) is 0 Å². The van der Waals surface area contributed by atoms with Crippen LogP contribution in [0.2, 0.25) is 0 Å². The molecule has 14 heavy (non-hydrogen) atoms. The fourth-order valence-electron chi connectivity index (χ4n) is 1.08. The second-order valence-electron chi connectivity index (χ2n) is 2.97. The van der Waals surface area contributed by atoms with Gasteiger partial charge in [0.1, 0.15) is 0 Å². The maximum atomic E-state index is 3.51. The number of hydrogen-bond acceptors (Lipinski definition) is 0. The van der Waals surface area contributed by atoms with Crippen LogP contribution in [-0.4, -0.2) is 0 Å². The molecule has 0 fully saturated rings. The van der Waals surface area contributed by atoms with Crippen molar-refractivity contribution >= 4 is 0 Å². The number of rotatable bonds is 3. The number of allylic oxidation sites excluding steroid dienone is 1. The van der Waals surface area contributed by atoms with Crippen molar-refractivity contribution in [1.29, 1.82) is 0 Å². The van der Waals surface area contributed by atoms with Crippen LogP contribution in [-0.2, 0) is 0 Å².